The lowest BCUT2D eigenvalue weighted by Gasteiger charge is -2.23. The van der Waals surface area contributed by atoms with Gasteiger partial charge in [0, 0.05) is 24.7 Å². The van der Waals surface area contributed by atoms with Gasteiger partial charge in [-0.05, 0) is 46.5 Å². The first kappa shape index (κ1) is 17.8. The molecule has 142 valence electrons. The van der Waals surface area contributed by atoms with Crippen LogP contribution in [0.25, 0.3) is 11.4 Å². The maximum Gasteiger partial charge on any atom is 0.310 e. The summed E-state index contributed by atoms with van der Waals surface area (Å²) in [6.45, 7) is 0. The van der Waals surface area contributed by atoms with Crippen LogP contribution in [0.5, 0.6) is 0 Å². The van der Waals surface area contributed by atoms with Gasteiger partial charge in [-0.1, -0.05) is 36.4 Å². The fourth-order valence-electron chi connectivity index (χ4n) is 3.77. The van der Waals surface area contributed by atoms with Crippen molar-refractivity contribution in [3.8, 4) is 11.4 Å². The van der Waals surface area contributed by atoms with Crippen LogP contribution in [-0.2, 0) is 29.5 Å². The molecule has 1 aliphatic carbocycles. The van der Waals surface area contributed by atoms with Gasteiger partial charge in [-0.3, -0.25) is 9.59 Å². The number of nitrogens with zero attached hydrogens (tertiary/aromatic N) is 4. The highest BCUT2D eigenvalue weighted by Gasteiger charge is 2.45. The van der Waals surface area contributed by atoms with Gasteiger partial charge in [0.05, 0.1) is 5.41 Å². The summed E-state index contributed by atoms with van der Waals surface area (Å²) in [5.41, 5.74) is 2.20. The lowest BCUT2D eigenvalue weighted by molar-refractivity contribution is -0.150. The Kier molecular flexibility index (Phi) is 4.38. The van der Waals surface area contributed by atoms with E-state index >= 15 is 0 Å². The van der Waals surface area contributed by atoms with Crippen LogP contribution in [0.4, 0.5) is 5.69 Å². The van der Waals surface area contributed by atoms with Gasteiger partial charge in [0.15, 0.2) is 5.82 Å². The summed E-state index contributed by atoms with van der Waals surface area (Å²) in [6.07, 6.45) is 0.625. The first-order valence-electron chi connectivity index (χ1n) is 8.90. The molecule has 3 aromatic rings. The Balaban J connectivity index is 1.51. The molecule has 2 N–H and O–H groups in total. The number of benzene rings is 2. The second-order valence-corrected chi connectivity index (χ2v) is 7.14. The number of aryl methyl sites for hydroxylation is 1. The minimum atomic E-state index is -1.11. The van der Waals surface area contributed by atoms with E-state index in [1.165, 1.54) is 4.68 Å². The van der Waals surface area contributed by atoms with E-state index in [1.807, 2.05) is 30.3 Å². The van der Waals surface area contributed by atoms with Crippen molar-refractivity contribution in [2.75, 3.05) is 5.32 Å². The number of hydrogen-bond donors (Lipinski definition) is 2. The zero-order valence-corrected chi connectivity index (χ0v) is 15.3. The van der Waals surface area contributed by atoms with E-state index in [9.17, 15) is 14.7 Å². The van der Waals surface area contributed by atoms with Crippen molar-refractivity contribution in [3.63, 3.8) is 0 Å². The van der Waals surface area contributed by atoms with Gasteiger partial charge < -0.3 is 10.4 Å². The topological polar surface area (TPSA) is 110 Å². The lowest BCUT2D eigenvalue weighted by atomic mass is 9.81. The number of aliphatic carboxylic acids is 1. The Bertz CT molecular complexity index is 1030. The molecule has 1 amide bonds. The van der Waals surface area contributed by atoms with E-state index in [1.54, 1.807) is 25.2 Å². The number of carbonyl (C=O) groups excluding carboxylic acids is 1. The Hall–Kier alpha value is -3.55. The molecule has 0 saturated heterocycles. The summed E-state index contributed by atoms with van der Waals surface area (Å²) >= 11 is 0. The molecule has 0 unspecified atom stereocenters. The summed E-state index contributed by atoms with van der Waals surface area (Å²) in [6, 6.07) is 14.8. The van der Waals surface area contributed by atoms with E-state index in [4.69, 9.17) is 0 Å². The third-order valence-electron chi connectivity index (χ3n) is 5.15. The third kappa shape index (κ3) is 3.24. The standard InChI is InChI=1S/C20H19N5O3/c1-25-18(22-23-24-25)13-7-4-8-16(9-13)21-17(26)12-20(19(27)28)10-14-5-2-3-6-15(14)11-20/h2-9H,10-12H2,1H3,(H,21,26)(H,27,28). The molecular weight excluding hydrogens is 358 g/mol. The molecule has 1 heterocycles. The van der Waals surface area contributed by atoms with Crippen LogP contribution in [0.1, 0.15) is 17.5 Å². The number of carbonyl (C=O) groups is 2. The summed E-state index contributed by atoms with van der Waals surface area (Å²) in [4.78, 5) is 24.7. The quantitative estimate of drug-likeness (QED) is 0.704. The normalized spacial score (nSPS) is 14.5. The number of hydrogen-bond acceptors (Lipinski definition) is 5. The molecular formula is C20H19N5O3. The van der Waals surface area contributed by atoms with Crippen molar-refractivity contribution in [1.82, 2.24) is 20.2 Å². The second kappa shape index (κ2) is 6.88. The zero-order valence-electron chi connectivity index (χ0n) is 15.3. The van der Waals surface area contributed by atoms with E-state index < -0.39 is 11.4 Å². The summed E-state index contributed by atoms with van der Waals surface area (Å²) in [7, 11) is 1.73. The van der Waals surface area contributed by atoms with Crippen molar-refractivity contribution in [1.29, 1.82) is 0 Å². The maximum absolute atomic E-state index is 12.7. The summed E-state index contributed by atoms with van der Waals surface area (Å²) in [5.74, 6) is -0.703. The van der Waals surface area contributed by atoms with Gasteiger partial charge in [-0.25, -0.2) is 4.68 Å². The van der Waals surface area contributed by atoms with Crippen LogP contribution < -0.4 is 5.32 Å². The SMILES string of the molecule is Cn1nnnc1-c1cccc(NC(=O)CC2(C(=O)O)Cc3ccccc3C2)c1. The van der Waals surface area contributed by atoms with Gasteiger partial charge in [-0.2, -0.15) is 0 Å². The van der Waals surface area contributed by atoms with Crippen LogP contribution in [0.3, 0.4) is 0 Å². The number of amides is 1. The average Bonchev–Trinajstić information content (AvgIpc) is 3.25. The molecule has 0 fully saturated rings. The fourth-order valence-corrected chi connectivity index (χ4v) is 3.77. The molecule has 2 aromatic carbocycles. The van der Waals surface area contributed by atoms with Crippen LogP contribution in [0.15, 0.2) is 48.5 Å². The number of aromatic nitrogens is 4. The Morgan fingerprint density at radius 1 is 1.14 bits per heavy atom. The predicted molar refractivity (Wildman–Crippen MR) is 101 cm³/mol. The summed E-state index contributed by atoms with van der Waals surface area (Å²) < 4.78 is 1.54. The molecule has 8 nitrogen and oxygen atoms in total. The monoisotopic (exact) mass is 377 g/mol. The number of rotatable bonds is 5. The molecule has 1 aliphatic rings. The first-order chi connectivity index (χ1) is 13.5. The summed E-state index contributed by atoms with van der Waals surface area (Å²) in [5, 5.41) is 24.0. The average molecular weight is 377 g/mol. The van der Waals surface area contributed by atoms with Crippen molar-refractivity contribution >= 4 is 17.6 Å². The van der Waals surface area contributed by atoms with Crippen molar-refractivity contribution in [3.05, 3.63) is 59.7 Å². The molecule has 0 spiro atoms. The van der Waals surface area contributed by atoms with Crippen LogP contribution in [-0.4, -0.2) is 37.2 Å². The highest BCUT2D eigenvalue weighted by Crippen LogP contribution is 2.40. The van der Waals surface area contributed by atoms with Crippen LogP contribution in [0.2, 0.25) is 0 Å². The zero-order chi connectivity index (χ0) is 19.7. The molecule has 0 saturated carbocycles. The van der Waals surface area contributed by atoms with Gasteiger partial charge in [-0.15, -0.1) is 5.10 Å². The minimum Gasteiger partial charge on any atom is -0.481 e. The van der Waals surface area contributed by atoms with Crippen LogP contribution in [0, 0.1) is 5.41 Å². The molecule has 0 bridgehead atoms. The van der Waals surface area contributed by atoms with Gasteiger partial charge in [0.2, 0.25) is 5.91 Å². The number of nitrogens with one attached hydrogen (secondary N) is 1. The van der Waals surface area contributed by atoms with E-state index in [2.05, 4.69) is 20.8 Å². The largest absolute Gasteiger partial charge is 0.481 e. The number of tetrazole rings is 1. The molecule has 4 rings (SSSR count). The highest BCUT2D eigenvalue weighted by atomic mass is 16.4. The molecule has 1 aromatic heterocycles. The minimum absolute atomic E-state index is 0.0905. The van der Waals surface area contributed by atoms with Gasteiger partial charge >= 0.3 is 5.97 Å². The number of carboxylic acids is 1. The van der Waals surface area contributed by atoms with Gasteiger partial charge in [0.1, 0.15) is 0 Å². The smallest absolute Gasteiger partial charge is 0.310 e. The number of anilines is 1. The lowest BCUT2D eigenvalue weighted by Crippen LogP contribution is -2.36. The highest BCUT2D eigenvalue weighted by molar-refractivity contribution is 5.95. The fraction of sp³-hybridized carbons (Fsp3) is 0.250. The molecule has 0 atom stereocenters. The first-order valence-corrected chi connectivity index (χ1v) is 8.90. The van der Waals surface area contributed by atoms with Crippen LogP contribution >= 0.6 is 0 Å². The Labute approximate surface area is 161 Å². The van der Waals surface area contributed by atoms with E-state index in [0.717, 1.165) is 16.7 Å². The molecule has 0 radical (unpaired) electrons. The number of carboxylic acid groups (broad SMARTS) is 1. The Morgan fingerprint density at radius 3 is 2.46 bits per heavy atom. The molecule has 0 aliphatic heterocycles. The Morgan fingerprint density at radius 2 is 1.86 bits per heavy atom. The third-order valence-corrected chi connectivity index (χ3v) is 5.15. The molecule has 28 heavy (non-hydrogen) atoms. The predicted octanol–water partition coefficient (Wildman–Crippen LogP) is 2.08. The number of fused-ring (bicyclic) bond motifs is 1. The van der Waals surface area contributed by atoms with E-state index in [-0.39, 0.29) is 12.3 Å². The second-order valence-electron chi connectivity index (χ2n) is 7.14. The van der Waals surface area contributed by atoms with Crippen molar-refractivity contribution < 1.29 is 14.7 Å². The van der Waals surface area contributed by atoms with E-state index in [0.29, 0.717) is 24.4 Å². The maximum atomic E-state index is 12.7. The van der Waals surface area contributed by atoms with Gasteiger partial charge in [0.25, 0.3) is 0 Å². The van der Waals surface area contributed by atoms with Crippen molar-refractivity contribution in [2.24, 2.45) is 12.5 Å². The van der Waals surface area contributed by atoms with Crippen molar-refractivity contribution in [2.45, 2.75) is 19.3 Å². The molecule has 8 heteroatoms.